The molecule has 0 unspecified atom stereocenters. The Morgan fingerprint density at radius 1 is 1.28 bits per heavy atom. The van der Waals surface area contributed by atoms with Crippen molar-refractivity contribution in [1.29, 1.82) is 0 Å². The van der Waals surface area contributed by atoms with Crippen LogP contribution in [0, 0.1) is 6.92 Å². The van der Waals surface area contributed by atoms with Gasteiger partial charge < -0.3 is 14.8 Å². The largest absolute Gasteiger partial charge is 0.465 e. The molecule has 0 radical (unpaired) electrons. The lowest BCUT2D eigenvalue weighted by molar-refractivity contribution is -0.0199. The summed E-state index contributed by atoms with van der Waals surface area (Å²) in [4.78, 5) is 15.1. The van der Waals surface area contributed by atoms with Gasteiger partial charge in [-0.05, 0) is 37.1 Å². The molecule has 2 aromatic heterocycles. The van der Waals surface area contributed by atoms with Crippen LogP contribution >= 0.6 is 0 Å². The molecule has 7 nitrogen and oxygen atoms in total. The van der Waals surface area contributed by atoms with E-state index in [4.69, 9.17) is 4.42 Å². The van der Waals surface area contributed by atoms with Crippen LogP contribution in [0.4, 0.5) is 0 Å². The molecule has 29 heavy (non-hydrogen) atoms. The van der Waals surface area contributed by atoms with Crippen molar-refractivity contribution in [2.45, 2.75) is 31.5 Å². The quantitative estimate of drug-likeness (QED) is 0.693. The van der Waals surface area contributed by atoms with Crippen LogP contribution in [0.1, 0.15) is 34.0 Å². The van der Waals surface area contributed by atoms with E-state index in [2.05, 4.69) is 15.3 Å². The minimum Gasteiger partial charge on any atom is -0.465 e. The zero-order valence-electron chi connectivity index (χ0n) is 16.7. The molecule has 7 heteroatoms. The Kier molecular flexibility index (Phi) is 5.25. The van der Waals surface area contributed by atoms with Crippen molar-refractivity contribution in [2.24, 2.45) is 7.05 Å². The van der Waals surface area contributed by atoms with Crippen LogP contribution in [0.25, 0.3) is 0 Å². The maximum absolute atomic E-state index is 13.0. The molecular formula is C22H26N4O3. The van der Waals surface area contributed by atoms with E-state index in [1.54, 1.807) is 19.3 Å². The third-order valence-electron chi connectivity index (χ3n) is 5.68. The lowest BCUT2D eigenvalue weighted by atomic mass is 9.78. The summed E-state index contributed by atoms with van der Waals surface area (Å²) in [7, 11) is 1.73. The molecule has 1 aliphatic heterocycles. The number of hydrogen-bond donors (Lipinski definition) is 2. The molecular weight excluding hydrogens is 368 g/mol. The van der Waals surface area contributed by atoms with Crippen molar-refractivity contribution in [1.82, 2.24) is 20.0 Å². The number of β-amino-alcohol motifs (C(OH)–C–C–N with tert-alkyl or cyclic N) is 1. The second kappa shape index (κ2) is 7.85. The fourth-order valence-electron chi connectivity index (χ4n) is 4.08. The molecule has 1 aliphatic rings. The Hall–Kier alpha value is -2.90. The van der Waals surface area contributed by atoms with E-state index in [0.717, 1.165) is 23.6 Å². The van der Waals surface area contributed by atoms with Crippen molar-refractivity contribution in [3.8, 4) is 0 Å². The van der Waals surface area contributed by atoms with Crippen molar-refractivity contribution in [3.05, 3.63) is 77.5 Å². The van der Waals surface area contributed by atoms with E-state index in [0.29, 0.717) is 25.2 Å². The van der Waals surface area contributed by atoms with Crippen LogP contribution in [-0.4, -0.2) is 44.9 Å². The second-order valence-electron chi connectivity index (χ2n) is 7.64. The normalized spacial score (nSPS) is 22.5. The zero-order valence-corrected chi connectivity index (χ0v) is 16.7. The predicted octanol–water partition coefficient (Wildman–Crippen LogP) is 2.21. The molecule has 0 bridgehead atoms. The number of furan rings is 1. The van der Waals surface area contributed by atoms with Crippen molar-refractivity contribution in [3.63, 3.8) is 0 Å². The Morgan fingerprint density at radius 3 is 2.69 bits per heavy atom. The van der Waals surface area contributed by atoms with Gasteiger partial charge in [-0.2, -0.15) is 5.10 Å². The fourth-order valence-corrected chi connectivity index (χ4v) is 4.08. The molecule has 2 N–H and O–H groups in total. The van der Waals surface area contributed by atoms with Gasteiger partial charge in [0.1, 0.15) is 17.2 Å². The van der Waals surface area contributed by atoms with Gasteiger partial charge in [0, 0.05) is 26.3 Å². The van der Waals surface area contributed by atoms with Gasteiger partial charge in [-0.15, -0.1) is 0 Å². The number of nitrogens with zero attached hydrogens (tertiary/aromatic N) is 3. The number of aromatic nitrogens is 2. The van der Waals surface area contributed by atoms with E-state index < -0.39 is 11.6 Å². The maximum atomic E-state index is 13.0. The topological polar surface area (TPSA) is 83.5 Å². The van der Waals surface area contributed by atoms with Gasteiger partial charge in [-0.3, -0.25) is 14.4 Å². The van der Waals surface area contributed by atoms with Crippen molar-refractivity contribution >= 4 is 5.91 Å². The highest BCUT2D eigenvalue weighted by molar-refractivity contribution is 5.93. The fraction of sp³-hybridized carbons (Fsp3) is 0.364. The number of carbonyl (C=O) groups is 1. The number of amides is 1. The van der Waals surface area contributed by atoms with Crippen LogP contribution in [0.2, 0.25) is 0 Å². The monoisotopic (exact) mass is 394 g/mol. The molecule has 3 heterocycles. The highest BCUT2D eigenvalue weighted by Gasteiger charge is 2.45. The molecule has 4 rings (SSSR count). The van der Waals surface area contributed by atoms with Crippen LogP contribution in [0.3, 0.4) is 0 Å². The van der Waals surface area contributed by atoms with Crippen molar-refractivity contribution < 1.29 is 14.3 Å². The van der Waals surface area contributed by atoms with Crippen LogP contribution < -0.4 is 5.32 Å². The van der Waals surface area contributed by atoms with Gasteiger partial charge in [0.05, 0.1) is 18.2 Å². The lowest BCUT2D eigenvalue weighted by Crippen LogP contribution is -2.61. The summed E-state index contributed by atoms with van der Waals surface area (Å²) in [5.41, 5.74) is 0.496. The number of aliphatic hydroxyl groups is 1. The summed E-state index contributed by atoms with van der Waals surface area (Å²) in [5, 5.41) is 18.4. The Morgan fingerprint density at radius 2 is 2.07 bits per heavy atom. The molecule has 1 fully saturated rings. The highest BCUT2D eigenvalue weighted by atomic mass is 16.3. The van der Waals surface area contributed by atoms with E-state index in [1.807, 2.05) is 49.4 Å². The first-order valence-electron chi connectivity index (χ1n) is 9.80. The number of aliphatic hydroxyl groups excluding tert-OH is 1. The smallest absolute Gasteiger partial charge is 0.270 e. The second-order valence-corrected chi connectivity index (χ2v) is 7.64. The van der Waals surface area contributed by atoms with E-state index in [-0.39, 0.29) is 5.91 Å². The summed E-state index contributed by atoms with van der Waals surface area (Å²) in [6.07, 6.45) is 1.41. The molecule has 1 amide bonds. The molecule has 2 atom stereocenters. The van der Waals surface area contributed by atoms with Gasteiger partial charge in [0.15, 0.2) is 0 Å². The number of hydrogen-bond acceptors (Lipinski definition) is 5. The van der Waals surface area contributed by atoms with Crippen LogP contribution in [0.5, 0.6) is 0 Å². The average molecular weight is 394 g/mol. The summed E-state index contributed by atoms with van der Waals surface area (Å²) in [5.74, 6) is 1.50. The van der Waals surface area contributed by atoms with Gasteiger partial charge in [-0.1, -0.05) is 30.3 Å². The number of piperidine rings is 1. The third kappa shape index (κ3) is 3.83. The van der Waals surface area contributed by atoms with E-state index in [9.17, 15) is 9.90 Å². The minimum absolute atomic E-state index is 0.247. The number of carbonyl (C=O) groups excluding carboxylic acids is 1. The summed E-state index contributed by atoms with van der Waals surface area (Å²) < 4.78 is 7.22. The predicted molar refractivity (Wildman–Crippen MR) is 108 cm³/mol. The van der Waals surface area contributed by atoms with Crippen LogP contribution in [-0.2, 0) is 19.1 Å². The van der Waals surface area contributed by atoms with Gasteiger partial charge in [-0.25, -0.2) is 0 Å². The summed E-state index contributed by atoms with van der Waals surface area (Å²) in [6.45, 7) is 3.70. The lowest BCUT2D eigenvalue weighted by Gasteiger charge is -2.46. The molecule has 1 aromatic carbocycles. The average Bonchev–Trinajstić information content (AvgIpc) is 3.32. The van der Waals surface area contributed by atoms with Gasteiger partial charge >= 0.3 is 0 Å². The summed E-state index contributed by atoms with van der Waals surface area (Å²) >= 11 is 0. The third-order valence-corrected chi connectivity index (χ3v) is 5.68. The zero-order chi connectivity index (χ0) is 20.4. The number of benzene rings is 1. The van der Waals surface area contributed by atoms with Gasteiger partial charge in [0.2, 0.25) is 0 Å². The minimum atomic E-state index is -0.863. The number of rotatable bonds is 5. The summed E-state index contributed by atoms with van der Waals surface area (Å²) in [6, 6.07) is 15.3. The van der Waals surface area contributed by atoms with Crippen LogP contribution in [0.15, 0.2) is 59.1 Å². The molecule has 1 saturated heterocycles. The Bertz CT molecular complexity index is 981. The van der Waals surface area contributed by atoms with Crippen molar-refractivity contribution in [2.75, 3.05) is 13.1 Å². The first-order chi connectivity index (χ1) is 14.0. The van der Waals surface area contributed by atoms with E-state index >= 15 is 0 Å². The number of nitrogens with one attached hydrogen (secondary N) is 1. The SMILES string of the molecule is Cc1ccc(CN2CC[C@@](NC(=O)c3ccnn3C)(c3ccccc3)[C@H](O)C2)o1. The van der Waals surface area contributed by atoms with E-state index in [1.165, 1.54) is 4.68 Å². The molecule has 0 spiro atoms. The number of likely N-dealkylation sites (tertiary alicyclic amines) is 1. The standard InChI is InChI=1S/C22H26N4O3/c1-16-8-9-18(29-16)14-26-13-11-22(20(27)15-26,17-6-4-3-5-7-17)24-21(28)19-10-12-23-25(19)2/h3-10,12,20,27H,11,13-15H2,1-2H3,(H,24,28)/t20-,22-/m1/s1. The maximum Gasteiger partial charge on any atom is 0.270 e. The number of aryl methyl sites for hydroxylation is 2. The Labute approximate surface area is 169 Å². The molecule has 3 aromatic rings. The molecule has 152 valence electrons. The first-order valence-corrected chi connectivity index (χ1v) is 9.80. The Balaban J connectivity index is 1.58. The van der Waals surface area contributed by atoms with Gasteiger partial charge in [0.25, 0.3) is 5.91 Å². The molecule has 0 aliphatic carbocycles. The molecule has 0 saturated carbocycles. The first kappa shape index (κ1) is 19.4. The highest BCUT2D eigenvalue weighted by Crippen LogP contribution is 2.34.